The summed E-state index contributed by atoms with van der Waals surface area (Å²) >= 11 is 0. The molecule has 1 aliphatic rings. The molecule has 2 aromatic heterocycles. The summed E-state index contributed by atoms with van der Waals surface area (Å²) in [4.78, 5) is 22.9. The van der Waals surface area contributed by atoms with Gasteiger partial charge in [0.1, 0.15) is 5.52 Å². The van der Waals surface area contributed by atoms with E-state index in [0.29, 0.717) is 22.9 Å². The Bertz CT molecular complexity index is 1230. The molecule has 2 atom stereocenters. The molecule has 1 fully saturated rings. The number of benzene rings is 2. The van der Waals surface area contributed by atoms with Gasteiger partial charge in [-0.2, -0.15) is 0 Å². The summed E-state index contributed by atoms with van der Waals surface area (Å²) in [5, 5.41) is 3.60. The van der Waals surface area contributed by atoms with Crippen molar-refractivity contribution in [2.24, 2.45) is 7.05 Å². The number of nitrogens with one attached hydrogen (secondary N) is 2. The van der Waals surface area contributed by atoms with Crippen LogP contribution in [0.2, 0.25) is 0 Å². The smallest absolute Gasteiger partial charge is 0.278 e. The lowest BCUT2D eigenvalue weighted by molar-refractivity contribution is 0.197. The highest BCUT2D eigenvalue weighted by atomic mass is 16.1. The average molecular weight is 428 g/mol. The first kappa shape index (κ1) is 20.5. The molecule has 2 aromatic carbocycles. The van der Waals surface area contributed by atoms with E-state index in [9.17, 15) is 4.79 Å². The van der Waals surface area contributed by atoms with Crippen LogP contribution in [0.25, 0.3) is 11.0 Å². The Morgan fingerprint density at radius 3 is 2.56 bits per heavy atom. The van der Waals surface area contributed by atoms with Crippen molar-refractivity contribution in [2.45, 2.75) is 24.8 Å². The molecule has 3 heterocycles. The minimum absolute atomic E-state index is 0.0566. The lowest BCUT2D eigenvalue weighted by atomic mass is 9.88. The van der Waals surface area contributed by atoms with Crippen molar-refractivity contribution in [1.29, 1.82) is 0 Å². The van der Waals surface area contributed by atoms with Crippen molar-refractivity contribution in [3.8, 4) is 0 Å². The fourth-order valence-electron chi connectivity index (χ4n) is 4.77. The summed E-state index contributed by atoms with van der Waals surface area (Å²) in [5.41, 5.74) is 3.92. The van der Waals surface area contributed by atoms with Crippen molar-refractivity contribution >= 4 is 17.0 Å². The molecular formula is C26H29N5O. The van der Waals surface area contributed by atoms with Gasteiger partial charge in [-0.1, -0.05) is 60.7 Å². The third kappa shape index (κ3) is 4.32. The molecule has 2 N–H and O–H groups in total. The molecule has 5 rings (SSSR count). The summed E-state index contributed by atoms with van der Waals surface area (Å²) in [7, 11) is 1.78. The predicted octanol–water partition coefficient (Wildman–Crippen LogP) is 3.77. The van der Waals surface area contributed by atoms with Gasteiger partial charge in [0.2, 0.25) is 5.95 Å². The Morgan fingerprint density at radius 1 is 1.03 bits per heavy atom. The van der Waals surface area contributed by atoms with Crippen LogP contribution >= 0.6 is 0 Å². The first-order chi connectivity index (χ1) is 15.7. The quantitative estimate of drug-likeness (QED) is 0.492. The Balaban J connectivity index is 1.38. The Morgan fingerprint density at radius 2 is 1.78 bits per heavy atom. The van der Waals surface area contributed by atoms with Gasteiger partial charge in [0.15, 0.2) is 0 Å². The van der Waals surface area contributed by atoms with Crippen molar-refractivity contribution in [1.82, 2.24) is 19.4 Å². The molecule has 4 aromatic rings. The summed E-state index contributed by atoms with van der Waals surface area (Å²) in [6.07, 6.45) is 3.80. The molecule has 0 unspecified atom stereocenters. The van der Waals surface area contributed by atoms with Gasteiger partial charge in [-0.25, -0.2) is 4.98 Å². The number of hydrogen-bond acceptors (Lipinski definition) is 4. The van der Waals surface area contributed by atoms with E-state index in [1.807, 2.05) is 6.07 Å². The molecule has 0 aliphatic carbocycles. The minimum Gasteiger partial charge on any atom is -0.355 e. The monoisotopic (exact) mass is 427 g/mol. The number of nitrogens with zero attached hydrogens (tertiary/aromatic N) is 3. The summed E-state index contributed by atoms with van der Waals surface area (Å²) in [5.74, 6) is 1.06. The Kier molecular flexibility index (Phi) is 5.77. The van der Waals surface area contributed by atoms with Crippen LogP contribution in [0, 0.1) is 0 Å². The van der Waals surface area contributed by atoms with E-state index in [4.69, 9.17) is 4.98 Å². The number of aromatic nitrogens is 3. The van der Waals surface area contributed by atoms with Gasteiger partial charge < -0.3 is 15.2 Å². The molecule has 0 radical (unpaired) electrons. The molecule has 0 spiro atoms. The number of likely N-dealkylation sites (tertiary alicyclic amines) is 1. The second kappa shape index (κ2) is 9.01. The lowest BCUT2D eigenvalue weighted by Crippen LogP contribution is -2.46. The van der Waals surface area contributed by atoms with Crippen LogP contribution in [0.4, 0.5) is 5.95 Å². The summed E-state index contributed by atoms with van der Waals surface area (Å²) < 4.78 is 1.61. The minimum atomic E-state index is -0.0566. The highest BCUT2D eigenvalue weighted by Crippen LogP contribution is 2.28. The summed E-state index contributed by atoms with van der Waals surface area (Å²) in [6, 6.07) is 23.5. The van der Waals surface area contributed by atoms with Gasteiger partial charge in [-0.3, -0.25) is 9.36 Å². The molecule has 1 aliphatic heterocycles. The van der Waals surface area contributed by atoms with Gasteiger partial charge in [0, 0.05) is 38.9 Å². The van der Waals surface area contributed by atoms with Crippen molar-refractivity contribution in [2.75, 3.05) is 25.0 Å². The maximum Gasteiger partial charge on any atom is 0.278 e. The molecule has 6 heteroatoms. The van der Waals surface area contributed by atoms with Gasteiger partial charge in [0.05, 0.1) is 5.52 Å². The second-order valence-corrected chi connectivity index (χ2v) is 8.72. The van der Waals surface area contributed by atoms with Gasteiger partial charge in [0.25, 0.3) is 5.56 Å². The van der Waals surface area contributed by atoms with Crippen LogP contribution in [0.5, 0.6) is 0 Å². The second-order valence-electron chi connectivity index (χ2n) is 8.72. The zero-order valence-corrected chi connectivity index (χ0v) is 18.4. The van der Waals surface area contributed by atoms with Gasteiger partial charge in [-0.15, -0.1) is 0 Å². The van der Waals surface area contributed by atoms with E-state index in [2.05, 4.69) is 75.9 Å². The number of rotatable bonds is 6. The number of aromatic amines is 1. The number of hydrogen-bond donors (Lipinski definition) is 2. The van der Waals surface area contributed by atoms with Crippen LogP contribution in [0.1, 0.15) is 23.5 Å². The molecule has 6 nitrogen and oxygen atoms in total. The largest absolute Gasteiger partial charge is 0.355 e. The normalized spacial score (nSPS) is 19.3. The summed E-state index contributed by atoms with van der Waals surface area (Å²) in [6.45, 7) is 2.98. The van der Waals surface area contributed by atoms with E-state index < -0.39 is 0 Å². The first-order valence-corrected chi connectivity index (χ1v) is 11.3. The zero-order valence-electron chi connectivity index (χ0n) is 18.4. The molecule has 0 amide bonds. The maximum absolute atomic E-state index is 12.7. The number of piperidine rings is 1. The molecule has 0 bridgehead atoms. The standard InChI is InChI=1S/C26H29N5O/c1-30-25(32)24-23(12-14-27-24)29-26(30)28-22-16-21(20-10-6-3-7-11-20)17-31(18-22)15-13-19-8-4-2-5-9-19/h2-12,14,21-22,27H,13,15-18H2,1H3,(H,28,29)/t21-,22+/m0/s1. The first-order valence-electron chi connectivity index (χ1n) is 11.3. The van der Waals surface area contributed by atoms with E-state index >= 15 is 0 Å². The van der Waals surface area contributed by atoms with Crippen molar-refractivity contribution in [3.63, 3.8) is 0 Å². The fraction of sp³-hybridized carbons (Fsp3) is 0.308. The van der Waals surface area contributed by atoms with Gasteiger partial charge in [-0.05, 0) is 36.0 Å². The van der Waals surface area contributed by atoms with Gasteiger partial charge >= 0.3 is 0 Å². The van der Waals surface area contributed by atoms with E-state index in [1.54, 1.807) is 17.8 Å². The molecule has 32 heavy (non-hydrogen) atoms. The molecule has 164 valence electrons. The van der Waals surface area contributed by atoms with Crippen molar-refractivity contribution in [3.05, 3.63) is 94.4 Å². The fourth-order valence-corrected chi connectivity index (χ4v) is 4.77. The predicted molar refractivity (Wildman–Crippen MR) is 129 cm³/mol. The van der Waals surface area contributed by atoms with Crippen LogP contribution in [0.3, 0.4) is 0 Å². The molecular weight excluding hydrogens is 398 g/mol. The lowest BCUT2D eigenvalue weighted by Gasteiger charge is -2.38. The molecule has 0 saturated carbocycles. The van der Waals surface area contributed by atoms with Crippen molar-refractivity contribution < 1.29 is 0 Å². The maximum atomic E-state index is 12.7. The van der Waals surface area contributed by atoms with Crippen LogP contribution in [-0.2, 0) is 13.5 Å². The Hall–Kier alpha value is -3.38. The van der Waals surface area contributed by atoms with E-state index in [0.717, 1.165) is 32.5 Å². The third-order valence-electron chi connectivity index (χ3n) is 6.48. The van der Waals surface area contributed by atoms with Crippen LogP contribution < -0.4 is 10.9 Å². The SMILES string of the molecule is Cn1c(N[C@@H]2C[C@H](c3ccccc3)CN(CCc3ccccc3)C2)nc2cc[nH]c2c1=O. The average Bonchev–Trinajstić information content (AvgIpc) is 3.31. The topological polar surface area (TPSA) is 66.0 Å². The van der Waals surface area contributed by atoms with Crippen LogP contribution in [-0.4, -0.2) is 45.1 Å². The highest BCUT2D eigenvalue weighted by molar-refractivity contribution is 5.75. The van der Waals surface area contributed by atoms with Crippen LogP contribution in [0.15, 0.2) is 77.7 Å². The zero-order chi connectivity index (χ0) is 21.9. The van der Waals surface area contributed by atoms with E-state index in [-0.39, 0.29) is 11.6 Å². The molecule has 1 saturated heterocycles. The number of fused-ring (bicyclic) bond motifs is 1. The highest BCUT2D eigenvalue weighted by Gasteiger charge is 2.29. The third-order valence-corrected chi connectivity index (χ3v) is 6.48. The van der Waals surface area contributed by atoms with E-state index in [1.165, 1.54) is 11.1 Å². The number of anilines is 1. The Labute approximate surface area is 187 Å². The number of H-pyrrole nitrogens is 1.